The number of alkyl halides is 4. The monoisotopic (exact) mass is 196 g/mol. The lowest BCUT2D eigenvalue weighted by Crippen LogP contribution is -2.19. The smallest absolute Gasteiger partial charge is 0.282 e. The highest BCUT2D eigenvalue weighted by Crippen LogP contribution is 2.20. The Hall–Kier alpha value is 0.190. The number of rotatable bonds is 3. The molecule has 0 aromatic carbocycles. The lowest BCUT2D eigenvalue weighted by Gasteiger charge is -2.03. The fourth-order valence-corrected chi connectivity index (χ4v) is 0.711. The van der Waals surface area contributed by atoms with Crippen LogP contribution in [0, 0.1) is 0 Å². The molecule has 7 heteroatoms. The quantitative estimate of drug-likeness (QED) is 0.639. The average molecular weight is 197 g/mol. The van der Waals surface area contributed by atoms with Gasteiger partial charge >= 0.3 is 5.51 Å². The van der Waals surface area contributed by atoms with Crippen molar-refractivity contribution in [2.24, 2.45) is 0 Å². The van der Waals surface area contributed by atoms with Crippen molar-refractivity contribution < 1.29 is 21.6 Å². The topological polar surface area (TPSA) is 26.3 Å². The third kappa shape index (κ3) is 4.08. The Kier molecular flexibility index (Phi) is 4.23. The first-order chi connectivity index (χ1) is 4.48. The van der Waals surface area contributed by atoms with Crippen LogP contribution in [-0.2, 0) is 15.3 Å². The molecule has 0 aromatic rings. The fraction of sp³-hybridized carbons (Fsp3) is 1.00. The summed E-state index contributed by atoms with van der Waals surface area (Å²) in [5.74, 6) is -0.109. The molecule has 0 spiro atoms. The van der Waals surface area contributed by atoms with E-state index < -0.39 is 16.6 Å². The second kappa shape index (κ2) is 4.15. The third-order valence-corrected chi connectivity index (χ3v) is 1.37. The standard InChI is InChI=1S/C3H4ClF3O2S/c4-1-2-9-10(8)3(5,6)7/h1-2H2. The minimum absolute atomic E-state index is 0.109. The van der Waals surface area contributed by atoms with Gasteiger partial charge in [-0.25, -0.2) is 4.21 Å². The van der Waals surface area contributed by atoms with Crippen molar-refractivity contribution in [2.45, 2.75) is 5.51 Å². The van der Waals surface area contributed by atoms with E-state index in [9.17, 15) is 17.4 Å². The van der Waals surface area contributed by atoms with Crippen molar-refractivity contribution >= 4 is 22.7 Å². The maximum absolute atomic E-state index is 11.3. The second-order valence-corrected chi connectivity index (χ2v) is 2.74. The molecule has 0 aliphatic heterocycles. The molecule has 0 amide bonds. The van der Waals surface area contributed by atoms with Crippen LogP contribution in [0.15, 0.2) is 0 Å². The highest BCUT2D eigenvalue weighted by atomic mass is 35.5. The van der Waals surface area contributed by atoms with Crippen LogP contribution in [0.3, 0.4) is 0 Å². The van der Waals surface area contributed by atoms with E-state index >= 15 is 0 Å². The van der Waals surface area contributed by atoms with Gasteiger partial charge in [-0.1, -0.05) is 0 Å². The normalized spacial score (nSPS) is 15.2. The van der Waals surface area contributed by atoms with Crippen LogP contribution in [0.25, 0.3) is 0 Å². The van der Waals surface area contributed by atoms with Crippen molar-refractivity contribution in [3.8, 4) is 0 Å². The van der Waals surface area contributed by atoms with E-state index in [2.05, 4.69) is 4.18 Å². The Bertz CT molecular complexity index is 125. The summed E-state index contributed by atoms with van der Waals surface area (Å²) in [6.07, 6.45) is 0. The van der Waals surface area contributed by atoms with Gasteiger partial charge in [-0.2, -0.15) is 13.2 Å². The summed E-state index contributed by atoms with van der Waals surface area (Å²) in [7, 11) is 0. The van der Waals surface area contributed by atoms with Gasteiger partial charge in [-0.15, -0.1) is 11.6 Å². The molecule has 0 aliphatic rings. The second-order valence-electron chi connectivity index (χ2n) is 1.19. The zero-order chi connectivity index (χ0) is 8.20. The number of hydrogen-bond acceptors (Lipinski definition) is 2. The Morgan fingerprint density at radius 2 is 2.00 bits per heavy atom. The summed E-state index contributed by atoms with van der Waals surface area (Å²) in [4.78, 5) is 0. The highest BCUT2D eigenvalue weighted by molar-refractivity contribution is 7.81. The van der Waals surface area contributed by atoms with E-state index in [1.54, 1.807) is 0 Å². The van der Waals surface area contributed by atoms with Crippen molar-refractivity contribution in [2.75, 3.05) is 12.5 Å². The Morgan fingerprint density at radius 1 is 1.50 bits per heavy atom. The molecular formula is C3H4ClF3O2S. The maximum Gasteiger partial charge on any atom is 0.497 e. The van der Waals surface area contributed by atoms with E-state index in [-0.39, 0.29) is 12.5 Å². The summed E-state index contributed by atoms with van der Waals surface area (Å²) in [5.41, 5.74) is -4.80. The van der Waals surface area contributed by atoms with Crippen molar-refractivity contribution in [3.05, 3.63) is 0 Å². The Labute approximate surface area is 63.0 Å². The molecule has 0 rings (SSSR count). The Morgan fingerprint density at radius 3 is 2.30 bits per heavy atom. The lowest BCUT2D eigenvalue weighted by molar-refractivity contribution is -0.0469. The van der Waals surface area contributed by atoms with Crippen LogP contribution in [0.2, 0.25) is 0 Å². The maximum atomic E-state index is 11.3. The fourth-order valence-electron chi connectivity index (χ4n) is 0.174. The number of halogens is 4. The first kappa shape index (κ1) is 10.2. The summed E-state index contributed by atoms with van der Waals surface area (Å²) < 4.78 is 47.6. The molecule has 0 saturated carbocycles. The van der Waals surface area contributed by atoms with Gasteiger partial charge in [-0.3, -0.25) is 4.18 Å². The van der Waals surface area contributed by atoms with Crippen LogP contribution in [-0.4, -0.2) is 22.2 Å². The first-order valence-electron chi connectivity index (χ1n) is 2.16. The van der Waals surface area contributed by atoms with Gasteiger partial charge in [0, 0.05) is 5.88 Å². The van der Waals surface area contributed by atoms with Crippen LogP contribution in [0.4, 0.5) is 13.2 Å². The van der Waals surface area contributed by atoms with E-state index in [1.807, 2.05) is 0 Å². The molecule has 62 valence electrons. The third-order valence-electron chi connectivity index (χ3n) is 0.457. The molecule has 0 radical (unpaired) electrons. The van der Waals surface area contributed by atoms with Gasteiger partial charge in [0.15, 0.2) is 0 Å². The molecule has 0 aliphatic carbocycles. The summed E-state index contributed by atoms with van der Waals surface area (Å²) in [6, 6.07) is 0. The zero-order valence-corrected chi connectivity index (χ0v) is 6.22. The molecule has 0 bridgehead atoms. The van der Waals surface area contributed by atoms with Gasteiger partial charge < -0.3 is 0 Å². The van der Waals surface area contributed by atoms with Crippen molar-refractivity contribution in [3.63, 3.8) is 0 Å². The molecule has 0 saturated heterocycles. The minimum atomic E-state index is -4.80. The molecule has 10 heavy (non-hydrogen) atoms. The molecule has 0 fully saturated rings. The predicted molar refractivity (Wildman–Crippen MR) is 30.9 cm³/mol. The van der Waals surface area contributed by atoms with Crippen LogP contribution < -0.4 is 0 Å². The van der Waals surface area contributed by atoms with Gasteiger partial charge in [-0.05, 0) is 0 Å². The minimum Gasteiger partial charge on any atom is -0.282 e. The number of hydrogen-bond donors (Lipinski definition) is 0. The lowest BCUT2D eigenvalue weighted by atomic mass is 10.9. The van der Waals surface area contributed by atoms with E-state index in [0.29, 0.717) is 0 Å². The van der Waals surface area contributed by atoms with Gasteiger partial charge in [0.1, 0.15) is 0 Å². The van der Waals surface area contributed by atoms with Crippen LogP contribution in [0.1, 0.15) is 0 Å². The molecule has 0 N–H and O–H groups in total. The summed E-state index contributed by atoms with van der Waals surface area (Å²) in [5, 5.41) is 0. The Balaban J connectivity index is 3.64. The average Bonchev–Trinajstić information content (AvgIpc) is 1.80. The predicted octanol–water partition coefficient (Wildman–Crippen LogP) is 1.43. The van der Waals surface area contributed by atoms with E-state index in [0.717, 1.165) is 0 Å². The highest BCUT2D eigenvalue weighted by Gasteiger charge is 2.38. The van der Waals surface area contributed by atoms with Crippen LogP contribution in [0.5, 0.6) is 0 Å². The molecule has 0 aromatic heterocycles. The summed E-state index contributed by atoms with van der Waals surface area (Å²) >= 11 is 1.75. The zero-order valence-electron chi connectivity index (χ0n) is 4.65. The largest absolute Gasteiger partial charge is 0.497 e. The molecular weight excluding hydrogens is 193 g/mol. The van der Waals surface area contributed by atoms with Gasteiger partial charge in [0.05, 0.1) is 6.61 Å². The van der Waals surface area contributed by atoms with Crippen molar-refractivity contribution in [1.29, 1.82) is 0 Å². The SMILES string of the molecule is O=S(OCCCl)C(F)(F)F. The van der Waals surface area contributed by atoms with Gasteiger partial charge in [0.2, 0.25) is 0 Å². The van der Waals surface area contributed by atoms with E-state index in [1.165, 1.54) is 0 Å². The molecule has 1 atom stereocenters. The van der Waals surface area contributed by atoms with Crippen molar-refractivity contribution in [1.82, 2.24) is 0 Å². The first-order valence-corrected chi connectivity index (χ1v) is 3.77. The van der Waals surface area contributed by atoms with Gasteiger partial charge in [0.25, 0.3) is 11.1 Å². The van der Waals surface area contributed by atoms with E-state index in [4.69, 9.17) is 11.6 Å². The van der Waals surface area contributed by atoms with Crippen LogP contribution >= 0.6 is 11.6 Å². The molecule has 1 unspecified atom stereocenters. The molecule has 2 nitrogen and oxygen atoms in total. The molecule has 0 heterocycles. The summed E-state index contributed by atoms with van der Waals surface area (Å²) in [6.45, 7) is -0.367.